The first kappa shape index (κ1) is 9.72. The van der Waals surface area contributed by atoms with E-state index in [0.29, 0.717) is 24.2 Å². The molecule has 0 heterocycles. The molecule has 0 saturated heterocycles. The molecule has 0 aromatic heterocycles. The van der Waals surface area contributed by atoms with Crippen LogP contribution in [0.15, 0.2) is 24.3 Å². The predicted molar refractivity (Wildman–Crippen MR) is 54.6 cm³/mol. The SMILES string of the molecule is COc1ccc(C(=O)C2(C#N)CC2)cc1. The van der Waals surface area contributed by atoms with Gasteiger partial charge in [0.05, 0.1) is 13.2 Å². The van der Waals surface area contributed by atoms with Gasteiger partial charge in [0.1, 0.15) is 11.2 Å². The van der Waals surface area contributed by atoms with Crippen LogP contribution < -0.4 is 4.74 Å². The van der Waals surface area contributed by atoms with Crippen LogP contribution in [0.1, 0.15) is 23.2 Å². The molecular weight excluding hydrogens is 190 g/mol. The number of carbonyl (C=O) groups is 1. The Hall–Kier alpha value is -1.82. The summed E-state index contributed by atoms with van der Waals surface area (Å²) in [7, 11) is 1.58. The van der Waals surface area contributed by atoms with Gasteiger partial charge in [0.25, 0.3) is 0 Å². The number of hydrogen-bond acceptors (Lipinski definition) is 3. The summed E-state index contributed by atoms with van der Waals surface area (Å²) < 4.78 is 5.00. The number of rotatable bonds is 3. The van der Waals surface area contributed by atoms with E-state index in [2.05, 4.69) is 6.07 Å². The third kappa shape index (κ3) is 1.59. The average molecular weight is 201 g/mol. The standard InChI is InChI=1S/C12H11NO2/c1-15-10-4-2-9(3-5-10)11(14)12(8-13)6-7-12/h2-5H,6-7H2,1H3. The first-order chi connectivity index (χ1) is 7.22. The first-order valence-corrected chi connectivity index (χ1v) is 4.82. The van der Waals surface area contributed by atoms with Crippen LogP contribution in [0.3, 0.4) is 0 Å². The number of nitriles is 1. The minimum absolute atomic E-state index is 0.0624. The van der Waals surface area contributed by atoms with Crippen molar-refractivity contribution in [2.45, 2.75) is 12.8 Å². The number of Topliss-reactive ketones (excluding diaryl/α,β-unsaturated/α-hetero) is 1. The van der Waals surface area contributed by atoms with Gasteiger partial charge in [-0.05, 0) is 37.1 Å². The minimum Gasteiger partial charge on any atom is -0.497 e. The molecule has 3 heteroatoms. The van der Waals surface area contributed by atoms with Crippen molar-refractivity contribution in [1.82, 2.24) is 0 Å². The van der Waals surface area contributed by atoms with Crippen molar-refractivity contribution in [2.24, 2.45) is 5.41 Å². The number of hydrogen-bond donors (Lipinski definition) is 0. The highest BCUT2D eigenvalue weighted by atomic mass is 16.5. The van der Waals surface area contributed by atoms with Gasteiger partial charge in [-0.3, -0.25) is 4.79 Å². The van der Waals surface area contributed by atoms with Crippen molar-refractivity contribution in [1.29, 1.82) is 5.26 Å². The Bertz CT molecular complexity index is 424. The Kier molecular flexibility index (Phi) is 2.20. The summed E-state index contributed by atoms with van der Waals surface area (Å²) in [6.07, 6.45) is 1.38. The maximum absolute atomic E-state index is 11.9. The maximum atomic E-state index is 11.9. The molecule has 15 heavy (non-hydrogen) atoms. The minimum atomic E-state index is -0.728. The van der Waals surface area contributed by atoms with Crippen LogP contribution in [0.25, 0.3) is 0 Å². The number of nitrogens with zero attached hydrogens (tertiary/aromatic N) is 1. The molecule has 1 aliphatic rings. The van der Waals surface area contributed by atoms with E-state index >= 15 is 0 Å². The van der Waals surface area contributed by atoms with Crippen molar-refractivity contribution in [3.63, 3.8) is 0 Å². The van der Waals surface area contributed by atoms with Gasteiger partial charge >= 0.3 is 0 Å². The molecule has 0 atom stereocenters. The molecule has 0 aliphatic heterocycles. The van der Waals surface area contributed by atoms with Gasteiger partial charge in [-0.1, -0.05) is 0 Å². The molecule has 2 rings (SSSR count). The highest BCUT2D eigenvalue weighted by Crippen LogP contribution is 2.47. The molecule has 0 amide bonds. The van der Waals surface area contributed by atoms with Crippen LogP contribution in [0.5, 0.6) is 5.75 Å². The largest absolute Gasteiger partial charge is 0.497 e. The lowest BCUT2D eigenvalue weighted by Crippen LogP contribution is -2.13. The van der Waals surface area contributed by atoms with Crippen LogP contribution in [0.4, 0.5) is 0 Å². The molecule has 0 unspecified atom stereocenters. The molecule has 1 saturated carbocycles. The second-order valence-electron chi connectivity index (χ2n) is 3.75. The number of ketones is 1. The molecule has 1 fully saturated rings. The topological polar surface area (TPSA) is 50.1 Å². The summed E-state index contributed by atoms with van der Waals surface area (Å²) in [6.45, 7) is 0. The van der Waals surface area contributed by atoms with Crippen LogP contribution in [-0.2, 0) is 0 Å². The van der Waals surface area contributed by atoms with E-state index in [0.717, 1.165) is 0 Å². The summed E-state index contributed by atoms with van der Waals surface area (Å²) in [5.74, 6) is 0.654. The van der Waals surface area contributed by atoms with Crippen molar-refractivity contribution < 1.29 is 9.53 Å². The summed E-state index contributed by atoms with van der Waals surface area (Å²) in [5.41, 5.74) is -0.135. The first-order valence-electron chi connectivity index (χ1n) is 4.82. The number of carbonyl (C=O) groups excluding carboxylic acids is 1. The molecular formula is C12H11NO2. The lowest BCUT2D eigenvalue weighted by Gasteiger charge is -2.05. The molecule has 3 nitrogen and oxygen atoms in total. The van der Waals surface area contributed by atoms with Gasteiger partial charge in [0.15, 0.2) is 5.78 Å². The molecule has 76 valence electrons. The Labute approximate surface area is 88.3 Å². The maximum Gasteiger partial charge on any atom is 0.183 e. The van der Waals surface area contributed by atoms with E-state index in [9.17, 15) is 4.79 Å². The molecule has 1 aliphatic carbocycles. The van der Waals surface area contributed by atoms with Crippen LogP contribution in [0.2, 0.25) is 0 Å². The molecule has 1 aromatic rings. The smallest absolute Gasteiger partial charge is 0.183 e. The lowest BCUT2D eigenvalue weighted by molar-refractivity contribution is 0.0934. The van der Waals surface area contributed by atoms with E-state index in [1.54, 1.807) is 31.4 Å². The number of ether oxygens (including phenoxy) is 1. The monoisotopic (exact) mass is 201 g/mol. The fraction of sp³-hybridized carbons (Fsp3) is 0.333. The zero-order chi connectivity index (χ0) is 10.9. The van der Waals surface area contributed by atoms with Crippen LogP contribution in [0, 0.1) is 16.7 Å². The van der Waals surface area contributed by atoms with Gasteiger partial charge in [-0.25, -0.2) is 0 Å². The van der Waals surface area contributed by atoms with Crippen molar-refractivity contribution in [3.05, 3.63) is 29.8 Å². The van der Waals surface area contributed by atoms with E-state index in [-0.39, 0.29) is 5.78 Å². The Morgan fingerprint density at radius 1 is 1.40 bits per heavy atom. The van der Waals surface area contributed by atoms with E-state index < -0.39 is 5.41 Å². The number of methoxy groups -OCH3 is 1. The Morgan fingerprint density at radius 2 is 2.00 bits per heavy atom. The summed E-state index contributed by atoms with van der Waals surface area (Å²) in [4.78, 5) is 11.9. The summed E-state index contributed by atoms with van der Waals surface area (Å²) >= 11 is 0. The highest BCUT2D eigenvalue weighted by Gasteiger charge is 2.50. The van der Waals surface area contributed by atoms with Crippen LogP contribution in [-0.4, -0.2) is 12.9 Å². The fourth-order valence-electron chi connectivity index (χ4n) is 1.53. The van der Waals surface area contributed by atoms with E-state index in [1.165, 1.54) is 0 Å². The second-order valence-corrected chi connectivity index (χ2v) is 3.75. The second kappa shape index (κ2) is 3.39. The summed E-state index contributed by atoms with van der Waals surface area (Å²) in [6, 6.07) is 8.99. The fourth-order valence-corrected chi connectivity index (χ4v) is 1.53. The van der Waals surface area contributed by atoms with Gasteiger partial charge in [-0.2, -0.15) is 5.26 Å². The lowest BCUT2D eigenvalue weighted by atomic mass is 9.96. The van der Waals surface area contributed by atoms with Gasteiger partial charge in [0, 0.05) is 5.56 Å². The molecule has 0 radical (unpaired) electrons. The molecule has 0 spiro atoms. The van der Waals surface area contributed by atoms with Gasteiger partial charge in [-0.15, -0.1) is 0 Å². The van der Waals surface area contributed by atoms with Gasteiger partial charge in [0.2, 0.25) is 0 Å². The van der Waals surface area contributed by atoms with Crippen molar-refractivity contribution in [3.8, 4) is 11.8 Å². The van der Waals surface area contributed by atoms with E-state index in [1.807, 2.05) is 0 Å². The highest BCUT2D eigenvalue weighted by molar-refractivity contribution is 6.04. The third-order valence-electron chi connectivity index (χ3n) is 2.75. The molecule has 0 bridgehead atoms. The van der Waals surface area contributed by atoms with Gasteiger partial charge < -0.3 is 4.74 Å². The molecule has 0 N–H and O–H groups in total. The quantitative estimate of drug-likeness (QED) is 0.704. The Morgan fingerprint density at radius 3 is 2.40 bits per heavy atom. The zero-order valence-corrected chi connectivity index (χ0v) is 8.49. The average Bonchev–Trinajstić information content (AvgIpc) is 3.09. The van der Waals surface area contributed by atoms with Crippen LogP contribution >= 0.6 is 0 Å². The normalized spacial score (nSPS) is 16.5. The third-order valence-corrected chi connectivity index (χ3v) is 2.75. The zero-order valence-electron chi connectivity index (χ0n) is 8.49. The summed E-state index contributed by atoms with van der Waals surface area (Å²) in [5, 5.41) is 8.89. The van der Waals surface area contributed by atoms with E-state index in [4.69, 9.17) is 10.00 Å². The number of benzene rings is 1. The Balaban J connectivity index is 2.24. The molecule has 1 aromatic carbocycles. The van der Waals surface area contributed by atoms with Crippen molar-refractivity contribution >= 4 is 5.78 Å². The van der Waals surface area contributed by atoms with Crippen molar-refractivity contribution in [2.75, 3.05) is 7.11 Å². The predicted octanol–water partition coefficient (Wildman–Crippen LogP) is 2.18.